The first kappa shape index (κ1) is 20.5. The molecule has 0 aromatic heterocycles. The van der Waals surface area contributed by atoms with E-state index in [2.05, 4.69) is 25.7 Å². The number of carbonyl (C=O) groups is 1. The minimum atomic E-state index is -0.465. The number of halogens is 1. The molecular weight excluding hydrogens is 419 g/mol. The number of rotatable bonds is 4. The number of aliphatic imine (C=N–C) groups is 1. The van der Waals surface area contributed by atoms with Crippen LogP contribution >= 0.6 is 24.0 Å². The second-order valence-corrected chi connectivity index (χ2v) is 5.72. The van der Waals surface area contributed by atoms with Gasteiger partial charge in [-0.2, -0.15) is 0 Å². The van der Waals surface area contributed by atoms with Gasteiger partial charge in [-0.05, 0) is 30.5 Å². The lowest BCUT2D eigenvalue weighted by Crippen LogP contribution is -2.43. The molecule has 1 aromatic carbocycles. The topological polar surface area (TPSA) is 74.8 Å². The molecule has 7 heteroatoms. The zero-order valence-corrected chi connectivity index (χ0v) is 16.6. The Morgan fingerprint density at radius 1 is 1.21 bits per heavy atom. The fourth-order valence-corrected chi connectivity index (χ4v) is 2.70. The monoisotopic (exact) mass is 446 g/mol. The maximum Gasteiger partial charge on any atom is 0.411 e. The Hall–Kier alpha value is -1.51. The molecule has 0 radical (unpaired) electrons. The third-order valence-corrected chi connectivity index (χ3v) is 4.02. The lowest BCUT2D eigenvalue weighted by Gasteiger charge is -2.24. The molecule has 0 heterocycles. The van der Waals surface area contributed by atoms with Gasteiger partial charge >= 0.3 is 6.09 Å². The first-order chi connectivity index (χ1) is 11.2. The van der Waals surface area contributed by atoms with Gasteiger partial charge < -0.3 is 15.4 Å². The maximum atomic E-state index is 11.1. The van der Waals surface area contributed by atoms with Gasteiger partial charge in [-0.15, -0.1) is 24.0 Å². The normalized spacial score (nSPS) is 15.2. The molecule has 1 saturated carbocycles. The van der Waals surface area contributed by atoms with E-state index in [9.17, 15) is 4.79 Å². The van der Waals surface area contributed by atoms with Gasteiger partial charge in [0.05, 0.1) is 7.11 Å². The third kappa shape index (κ3) is 6.94. The van der Waals surface area contributed by atoms with Crippen LogP contribution in [-0.4, -0.2) is 32.3 Å². The highest BCUT2D eigenvalue weighted by atomic mass is 127. The number of methoxy groups -OCH3 is 1. The SMILES string of the molecule is CN=C(NCc1ccc(NC(=O)OC)cc1)NC1CCCCC1.I. The lowest BCUT2D eigenvalue weighted by atomic mass is 9.96. The van der Waals surface area contributed by atoms with Crippen molar-refractivity contribution in [1.82, 2.24) is 10.6 Å². The van der Waals surface area contributed by atoms with Crippen molar-refractivity contribution in [2.45, 2.75) is 44.7 Å². The number of nitrogens with zero attached hydrogens (tertiary/aromatic N) is 1. The maximum absolute atomic E-state index is 11.1. The zero-order chi connectivity index (χ0) is 16.5. The highest BCUT2D eigenvalue weighted by molar-refractivity contribution is 14.0. The molecule has 1 aromatic rings. The van der Waals surface area contributed by atoms with Crippen LogP contribution in [0.15, 0.2) is 29.3 Å². The summed E-state index contributed by atoms with van der Waals surface area (Å²) in [5.41, 5.74) is 1.83. The highest BCUT2D eigenvalue weighted by Crippen LogP contribution is 2.17. The first-order valence-electron chi connectivity index (χ1n) is 8.12. The van der Waals surface area contributed by atoms with Crippen LogP contribution < -0.4 is 16.0 Å². The van der Waals surface area contributed by atoms with Crippen molar-refractivity contribution in [3.63, 3.8) is 0 Å². The average Bonchev–Trinajstić information content (AvgIpc) is 2.60. The van der Waals surface area contributed by atoms with Gasteiger partial charge in [0.15, 0.2) is 5.96 Å². The Kier molecular flexibility index (Phi) is 9.51. The van der Waals surface area contributed by atoms with Gasteiger partial charge in [-0.1, -0.05) is 31.4 Å². The number of benzene rings is 1. The molecule has 134 valence electrons. The zero-order valence-electron chi connectivity index (χ0n) is 14.3. The van der Waals surface area contributed by atoms with Crippen LogP contribution in [0, 0.1) is 0 Å². The molecule has 0 bridgehead atoms. The summed E-state index contributed by atoms with van der Waals surface area (Å²) in [6.07, 6.45) is 5.90. The second-order valence-electron chi connectivity index (χ2n) is 5.72. The van der Waals surface area contributed by atoms with E-state index in [4.69, 9.17) is 0 Å². The number of guanidine groups is 1. The van der Waals surface area contributed by atoms with Crippen LogP contribution in [0.5, 0.6) is 0 Å². The van der Waals surface area contributed by atoms with Crippen LogP contribution in [0.3, 0.4) is 0 Å². The van der Waals surface area contributed by atoms with Crippen LogP contribution in [-0.2, 0) is 11.3 Å². The molecule has 1 amide bonds. The van der Waals surface area contributed by atoms with Crippen molar-refractivity contribution < 1.29 is 9.53 Å². The summed E-state index contributed by atoms with van der Waals surface area (Å²) in [6.45, 7) is 0.685. The molecule has 6 nitrogen and oxygen atoms in total. The van der Waals surface area contributed by atoms with Gasteiger partial charge in [0.1, 0.15) is 0 Å². The van der Waals surface area contributed by atoms with Crippen molar-refractivity contribution in [2.24, 2.45) is 4.99 Å². The molecule has 0 spiro atoms. The van der Waals surface area contributed by atoms with E-state index in [1.807, 2.05) is 24.3 Å². The van der Waals surface area contributed by atoms with Gasteiger partial charge in [0.2, 0.25) is 0 Å². The van der Waals surface area contributed by atoms with Crippen LogP contribution in [0.4, 0.5) is 10.5 Å². The Balaban J connectivity index is 0.00000288. The first-order valence-corrected chi connectivity index (χ1v) is 8.12. The summed E-state index contributed by atoms with van der Waals surface area (Å²) in [4.78, 5) is 15.4. The molecule has 0 unspecified atom stereocenters. The van der Waals surface area contributed by atoms with Crippen LogP contribution in [0.25, 0.3) is 0 Å². The van der Waals surface area contributed by atoms with Gasteiger partial charge in [0.25, 0.3) is 0 Å². The minimum Gasteiger partial charge on any atom is -0.453 e. The standard InChI is InChI=1S/C17H26N4O2.HI/c1-18-16(20-14-6-4-3-5-7-14)19-12-13-8-10-15(11-9-13)21-17(22)23-2;/h8-11,14H,3-7,12H2,1-2H3,(H,21,22)(H2,18,19,20);1H. The van der Waals surface area contributed by atoms with Gasteiger partial charge in [0, 0.05) is 25.3 Å². The van der Waals surface area contributed by atoms with E-state index >= 15 is 0 Å². The van der Waals surface area contributed by atoms with Crippen molar-refractivity contribution in [3.05, 3.63) is 29.8 Å². The van der Waals surface area contributed by atoms with Gasteiger partial charge in [-0.3, -0.25) is 10.3 Å². The summed E-state index contributed by atoms with van der Waals surface area (Å²) >= 11 is 0. The van der Waals surface area contributed by atoms with Crippen molar-refractivity contribution in [2.75, 3.05) is 19.5 Å². The predicted molar refractivity (Wildman–Crippen MR) is 108 cm³/mol. The largest absolute Gasteiger partial charge is 0.453 e. The molecule has 24 heavy (non-hydrogen) atoms. The van der Waals surface area contributed by atoms with E-state index in [0.717, 1.165) is 11.5 Å². The van der Waals surface area contributed by atoms with E-state index < -0.39 is 6.09 Å². The Bertz CT molecular complexity index is 528. The summed E-state index contributed by atoms with van der Waals surface area (Å²) in [6, 6.07) is 8.16. The third-order valence-electron chi connectivity index (χ3n) is 4.02. The molecule has 3 N–H and O–H groups in total. The fourth-order valence-electron chi connectivity index (χ4n) is 2.70. The smallest absolute Gasteiger partial charge is 0.411 e. The van der Waals surface area contributed by atoms with Crippen molar-refractivity contribution in [1.29, 1.82) is 0 Å². The Morgan fingerprint density at radius 3 is 2.46 bits per heavy atom. The quantitative estimate of drug-likeness (QED) is 0.376. The summed E-state index contributed by atoms with van der Waals surface area (Å²) in [5.74, 6) is 0.841. The average molecular weight is 446 g/mol. The van der Waals surface area contributed by atoms with E-state index in [0.29, 0.717) is 18.3 Å². The summed E-state index contributed by atoms with van der Waals surface area (Å²) < 4.78 is 4.56. The van der Waals surface area contributed by atoms with Crippen molar-refractivity contribution >= 4 is 41.7 Å². The molecule has 0 atom stereocenters. The van der Waals surface area contributed by atoms with Crippen LogP contribution in [0.1, 0.15) is 37.7 Å². The molecule has 1 aliphatic carbocycles. The molecule has 0 aliphatic heterocycles. The highest BCUT2D eigenvalue weighted by Gasteiger charge is 2.14. The molecule has 2 rings (SSSR count). The summed E-state index contributed by atoms with van der Waals surface area (Å²) in [7, 11) is 3.14. The lowest BCUT2D eigenvalue weighted by molar-refractivity contribution is 0.187. The number of amides is 1. The van der Waals surface area contributed by atoms with E-state index in [1.165, 1.54) is 39.2 Å². The molecule has 1 fully saturated rings. The molecule has 0 saturated heterocycles. The number of anilines is 1. The number of carbonyl (C=O) groups excluding carboxylic acids is 1. The second kappa shape index (κ2) is 11.1. The fraction of sp³-hybridized carbons (Fsp3) is 0.529. The summed E-state index contributed by atoms with van der Waals surface area (Å²) in [5, 5.41) is 9.45. The number of nitrogens with one attached hydrogen (secondary N) is 3. The van der Waals surface area contributed by atoms with E-state index in [-0.39, 0.29) is 24.0 Å². The van der Waals surface area contributed by atoms with Gasteiger partial charge in [-0.25, -0.2) is 4.79 Å². The minimum absolute atomic E-state index is 0. The number of hydrogen-bond acceptors (Lipinski definition) is 3. The number of ether oxygens (including phenoxy) is 1. The predicted octanol–water partition coefficient (Wildman–Crippen LogP) is 3.48. The van der Waals surface area contributed by atoms with E-state index in [1.54, 1.807) is 7.05 Å². The Labute approximate surface area is 160 Å². The Morgan fingerprint density at radius 2 is 1.88 bits per heavy atom. The van der Waals surface area contributed by atoms with Crippen molar-refractivity contribution in [3.8, 4) is 0 Å². The van der Waals surface area contributed by atoms with Crippen LogP contribution in [0.2, 0.25) is 0 Å². The number of hydrogen-bond donors (Lipinski definition) is 3. The molecule has 1 aliphatic rings. The molecular formula is C17H27IN4O2.